The Labute approximate surface area is 127 Å². The van der Waals surface area contributed by atoms with Crippen molar-refractivity contribution in [2.24, 2.45) is 0 Å². The van der Waals surface area contributed by atoms with Gasteiger partial charge in [0.15, 0.2) is 0 Å². The fraction of sp³-hybridized carbons (Fsp3) is 0.600. The highest BCUT2D eigenvalue weighted by molar-refractivity contribution is 7.89. The highest BCUT2D eigenvalue weighted by Crippen LogP contribution is 2.32. The molecular weight excluding hydrogens is 288 g/mol. The first-order valence-corrected chi connectivity index (χ1v) is 8.66. The average Bonchev–Trinajstić information content (AvgIpc) is 2.46. The smallest absolute Gasteiger partial charge is 0.247 e. The fourth-order valence-corrected chi connectivity index (χ4v) is 4.66. The third kappa shape index (κ3) is 3.22. The maximum atomic E-state index is 13.0. The number of rotatable bonds is 4. The summed E-state index contributed by atoms with van der Waals surface area (Å²) in [6, 6.07) is 3.70. The lowest BCUT2D eigenvalue weighted by molar-refractivity contribution is 0.295. The molecule has 0 atom stereocenters. The summed E-state index contributed by atoms with van der Waals surface area (Å²) in [4.78, 5) is 0.289. The van der Waals surface area contributed by atoms with Crippen LogP contribution in [0.2, 0.25) is 0 Å². The van der Waals surface area contributed by atoms with Crippen LogP contribution in [0.5, 0.6) is 5.75 Å². The predicted molar refractivity (Wildman–Crippen MR) is 83.3 cm³/mol. The summed E-state index contributed by atoms with van der Waals surface area (Å²) in [5.41, 5.74) is 1.72. The number of nitrogens with zero attached hydrogens (tertiary/aromatic N) is 1. The van der Waals surface area contributed by atoms with Crippen molar-refractivity contribution in [2.75, 3.05) is 27.2 Å². The quantitative estimate of drug-likeness (QED) is 0.919. The van der Waals surface area contributed by atoms with Crippen molar-refractivity contribution >= 4 is 10.0 Å². The van der Waals surface area contributed by atoms with E-state index >= 15 is 0 Å². The number of benzene rings is 1. The number of piperidine rings is 1. The van der Waals surface area contributed by atoms with Gasteiger partial charge in [-0.05, 0) is 57.0 Å². The van der Waals surface area contributed by atoms with Crippen molar-refractivity contribution < 1.29 is 13.2 Å². The Kier molecular flexibility index (Phi) is 4.91. The van der Waals surface area contributed by atoms with Gasteiger partial charge in [-0.2, -0.15) is 4.31 Å². The molecule has 0 aromatic heterocycles. The summed E-state index contributed by atoms with van der Waals surface area (Å²) in [6.45, 7) is 5.46. The van der Waals surface area contributed by atoms with E-state index in [4.69, 9.17) is 4.74 Å². The van der Waals surface area contributed by atoms with E-state index in [9.17, 15) is 8.42 Å². The monoisotopic (exact) mass is 312 g/mol. The van der Waals surface area contributed by atoms with Crippen molar-refractivity contribution in [3.8, 4) is 5.75 Å². The minimum Gasteiger partial charge on any atom is -0.495 e. The number of sulfonamides is 1. The van der Waals surface area contributed by atoms with E-state index in [0.717, 1.165) is 37.1 Å². The maximum absolute atomic E-state index is 13.0. The normalized spacial score (nSPS) is 17.2. The summed E-state index contributed by atoms with van der Waals surface area (Å²) in [7, 11) is -0.366. The summed E-state index contributed by atoms with van der Waals surface area (Å²) in [6.07, 6.45) is 1.67. The average molecular weight is 312 g/mol. The van der Waals surface area contributed by atoms with Gasteiger partial charge in [-0.25, -0.2) is 8.42 Å². The Morgan fingerprint density at radius 3 is 2.43 bits per heavy atom. The second-order valence-electron chi connectivity index (χ2n) is 5.62. The summed E-state index contributed by atoms with van der Waals surface area (Å²) >= 11 is 0. The molecular formula is C15H24N2O3S. The van der Waals surface area contributed by atoms with Crippen LogP contribution >= 0.6 is 0 Å². The Hall–Kier alpha value is -1.11. The largest absolute Gasteiger partial charge is 0.495 e. The van der Waals surface area contributed by atoms with Crippen LogP contribution in [0.15, 0.2) is 17.0 Å². The first-order chi connectivity index (χ1) is 9.87. The summed E-state index contributed by atoms with van der Waals surface area (Å²) in [5.74, 6) is 0.424. The van der Waals surface area contributed by atoms with Crippen molar-refractivity contribution in [1.82, 2.24) is 9.62 Å². The fourth-order valence-electron chi connectivity index (χ4n) is 2.91. The minimum absolute atomic E-state index is 0.0432. The molecule has 1 aromatic rings. The van der Waals surface area contributed by atoms with Crippen LogP contribution in [0.1, 0.15) is 24.0 Å². The van der Waals surface area contributed by atoms with Gasteiger partial charge in [0.05, 0.1) is 7.11 Å². The van der Waals surface area contributed by atoms with Crippen molar-refractivity contribution in [2.45, 2.75) is 37.6 Å². The van der Waals surface area contributed by atoms with Crippen molar-refractivity contribution in [3.05, 3.63) is 23.3 Å². The van der Waals surface area contributed by atoms with Gasteiger partial charge in [-0.3, -0.25) is 0 Å². The third-order valence-corrected chi connectivity index (χ3v) is 6.16. The molecule has 0 bridgehead atoms. The van der Waals surface area contributed by atoms with E-state index in [1.807, 2.05) is 19.9 Å². The Bertz CT molecular complexity index is 608. The molecule has 1 aliphatic rings. The van der Waals surface area contributed by atoms with Gasteiger partial charge in [0, 0.05) is 13.1 Å². The number of nitrogens with one attached hydrogen (secondary N) is 1. The second kappa shape index (κ2) is 6.34. The second-order valence-corrected chi connectivity index (χ2v) is 7.55. The van der Waals surface area contributed by atoms with Gasteiger partial charge in [-0.15, -0.1) is 0 Å². The highest BCUT2D eigenvalue weighted by Gasteiger charge is 2.32. The van der Waals surface area contributed by atoms with Crippen LogP contribution in [0.3, 0.4) is 0 Å². The lowest BCUT2D eigenvalue weighted by Gasteiger charge is -2.31. The van der Waals surface area contributed by atoms with E-state index in [2.05, 4.69) is 5.32 Å². The van der Waals surface area contributed by atoms with Crippen molar-refractivity contribution in [1.29, 1.82) is 0 Å². The molecule has 1 fully saturated rings. The van der Waals surface area contributed by atoms with Crippen LogP contribution in [-0.4, -0.2) is 46.0 Å². The Morgan fingerprint density at radius 1 is 1.24 bits per heavy atom. The molecule has 1 saturated heterocycles. The van der Waals surface area contributed by atoms with E-state index in [1.165, 1.54) is 11.4 Å². The topological polar surface area (TPSA) is 58.6 Å². The molecule has 1 N–H and O–H groups in total. The van der Waals surface area contributed by atoms with E-state index < -0.39 is 10.0 Å². The molecule has 1 heterocycles. The van der Waals surface area contributed by atoms with Gasteiger partial charge >= 0.3 is 0 Å². The predicted octanol–water partition coefficient (Wildman–Crippen LogP) is 1.68. The molecule has 0 unspecified atom stereocenters. The van der Waals surface area contributed by atoms with Crippen molar-refractivity contribution in [3.63, 3.8) is 0 Å². The molecule has 118 valence electrons. The van der Waals surface area contributed by atoms with Gasteiger partial charge in [0.1, 0.15) is 10.6 Å². The number of aryl methyl sites for hydroxylation is 2. The van der Waals surface area contributed by atoms with Gasteiger partial charge in [0.25, 0.3) is 0 Å². The maximum Gasteiger partial charge on any atom is 0.247 e. The molecule has 0 amide bonds. The first kappa shape index (κ1) is 16.3. The van der Waals surface area contributed by atoms with Crippen LogP contribution < -0.4 is 10.1 Å². The highest BCUT2D eigenvalue weighted by atomic mass is 32.2. The molecule has 0 saturated carbocycles. The molecule has 21 heavy (non-hydrogen) atoms. The number of ether oxygens (including phenoxy) is 1. The Morgan fingerprint density at radius 2 is 1.86 bits per heavy atom. The van der Waals surface area contributed by atoms with E-state index in [-0.39, 0.29) is 10.9 Å². The molecule has 0 aliphatic carbocycles. The first-order valence-electron chi connectivity index (χ1n) is 7.22. The number of hydrogen-bond acceptors (Lipinski definition) is 4. The third-order valence-electron chi connectivity index (χ3n) is 4.06. The SMILES string of the molecule is COc1cc(C)cc(C)c1S(=O)(=O)N(C)C1CCNCC1. The summed E-state index contributed by atoms with van der Waals surface area (Å²) < 4.78 is 32.8. The zero-order valence-corrected chi connectivity index (χ0v) is 14.0. The Balaban J connectivity index is 2.43. The lowest BCUT2D eigenvalue weighted by Crippen LogP contribution is -2.44. The molecule has 2 rings (SSSR count). The standard InChI is InChI=1S/C15H24N2O3S/c1-11-9-12(2)15(14(10-11)20-4)21(18,19)17(3)13-5-7-16-8-6-13/h9-10,13,16H,5-8H2,1-4H3. The van der Waals surface area contributed by atoms with Crippen LogP contribution in [0.25, 0.3) is 0 Å². The van der Waals surface area contributed by atoms with Gasteiger partial charge in [0.2, 0.25) is 10.0 Å². The molecule has 6 heteroatoms. The number of hydrogen-bond donors (Lipinski definition) is 1. The number of methoxy groups -OCH3 is 1. The summed E-state index contributed by atoms with van der Waals surface area (Å²) in [5, 5.41) is 3.26. The molecule has 0 spiro atoms. The van der Waals surface area contributed by atoms with Crippen LogP contribution in [-0.2, 0) is 10.0 Å². The van der Waals surface area contributed by atoms with Crippen LogP contribution in [0.4, 0.5) is 0 Å². The van der Waals surface area contributed by atoms with Gasteiger partial charge in [-0.1, -0.05) is 6.07 Å². The van der Waals surface area contributed by atoms with E-state index in [1.54, 1.807) is 13.1 Å². The van der Waals surface area contributed by atoms with E-state index in [0.29, 0.717) is 5.75 Å². The lowest BCUT2D eigenvalue weighted by atomic mass is 10.1. The molecule has 5 nitrogen and oxygen atoms in total. The van der Waals surface area contributed by atoms with Gasteiger partial charge < -0.3 is 10.1 Å². The zero-order valence-electron chi connectivity index (χ0n) is 13.1. The zero-order chi connectivity index (χ0) is 15.6. The van der Waals surface area contributed by atoms with Crippen LogP contribution in [0, 0.1) is 13.8 Å². The molecule has 1 aliphatic heterocycles. The minimum atomic E-state index is -3.55. The molecule has 0 radical (unpaired) electrons. The molecule has 1 aromatic carbocycles.